The molecule has 0 aliphatic heterocycles. The molecule has 26 heavy (non-hydrogen) atoms. The van der Waals surface area contributed by atoms with E-state index in [-0.39, 0.29) is 29.6 Å². The second-order valence-electron chi connectivity index (χ2n) is 5.90. The van der Waals surface area contributed by atoms with Crippen LogP contribution in [0.2, 0.25) is 0 Å². The highest BCUT2D eigenvalue weighted by Crippen LogP contribution is 2.42. The maximum atomic E-state index is 14.1. The monoisotopic (exact) mass is 376 g/mol. The molecule has 0 radical (unpaired) electrons. The van der Waals surface area contributed by atoms with Gasteiger partial charge >= 0.3 is 5.97 Å². The van der Waals surface area contributed by atoms with Gasteiger partial charge in [0.25, 0.3) is 0 Å². The smallest absolute Gasteiger partial charge is 0.309 e. The second kappa shape index (κ2) is 7.35. The van der Waals surface area contributed by atoms with E-state index in [9.17, 15) is 18.8 Å². The number of ether oxygens (including phenoxy) is 1. The Morgan fingerprint density at radius 3 is 2.69 bits per heavy atom. The van der Waals surface area contributed by atoms with Crippen molar-refractivity contribution in [3.63, 3.8) is 0 Å². The first kappa shape index (κ1) is 18.2. The number of nitrogens with one attached hydrogen (secondary N) is 1. The van der Waals surface area contributed by atoms with Gasteiger partial charge in [0.05, 0.1) is 30.7 Å². The number of halogens is 1. The van der Waals surface area contributed by atoms with Crippen LogP contribution in [0.25, 0.3) is 0 Å². The van der Waals surface area contributed by atoms with Crippen molar-refractivity contribution in [2.24, 2.45) is 11.7 Å². The van der Waals surface area contributed by atoms with Crippen LogP contribution < -0.4 is 11.1 Å². The molecule has 1 atom stereocenters. The number of hydrogen-bond donors (Lipinski definition) is 2. The standard InChI is InChI=1S/C18H17FN2O4S/c1-25-18(24)9-6-11-13(7-9)26-17(21-14(22)8-20)15(11)16(23)10-4-2-3-5-12(10)19/h2-5,9H,6-8,20H2,1H3,(H,21,22). The molecule has 1 aliphatic rings. The average Bonchev–Trinajstić information content (AvgIpc) is 3.18. The van der Waals surface area contributed by atoms with E-state index in [0.29, 0.717) is 23.4 Å². The Morgan fingerprint density at radius 2 is 2.04 bits per heavy atom. The molecule has 0 fully saturated rings. The lowest BCUT2D eigenvalue weighted by Crippen LogP contribution is -2.23. The molecule has 0 bridgehead atoms. The molecule has 1 aromatic carbocycles. The minimum atomic E-state index is -0.643. The van der Waals surface area contributed by atoms with E-state index in [1.807, 2.05) is 0 Å². The summed E-state index contributed by atoms with van der Waals surface area (Å²) in [4.78, 5) is 37.4. The van der Waals surface area contributed by atoms with Crippen LogP contribution in [0.1, 0.15) is 26.4 Å². The molecule has 6 nitrogen and oxygen atoms in total. The summed E-state index contributed by atoms with van der Waals surface area (Å²) < 4.78 is 18.9. The van der Waals surface area contributed by atoms with E-state index in [0.717, 1.165) is 4.88 Å². The molecule has 3 rings (SSSR count). The largest absolute Gasteiger partial charge is 0.469 e. The average molecular weight is 376 g/mol. The predicted molar refractivity (Wildman–Crippen MR) is 94.7 cm³/mol. The highest BCUT2D eigenvalue weighted by atomic mass is 32.1. The predicted octanol–water partition coefficient (Wildman–Crippen LogP) is 1.90. The Morgan fingerprint density at radius 1 is 1.31 bits per heavy atom. The number of hydrogen-bond acceptors (Lipinski definition) is 6. The number of methoxy groups -OCH3 is 1. The number of thiophene rings is 1. The van der Waals surface area contributed by atoms with Gasteiger partial charge in [-0.2, -0.15) is 0 Å². The maximum absolute atomic E-state index is 14.1. The number of carbonyl (C=O) groups is 3. The summed E-state index contributed by atoms with van der Waals surface area (Å²) in [5.41, 5.74) is 6.14. The number of benzene rings is 1. The van der Waals surface area contributed by atoms with E-state index >= 15 is 0 Å². The fraction of sp³-hybridized carbons (Fsp3) is 0.278. The molecule has 8 heteroatoms. The number of fused-ring (bicyclic) bond motifs is 1. The summed E-state index contributed by atoms with van der Waals surface area (Å²) in [5.74, 6) is -2.36. The van der Waals surface area contributed by atoms with Gasteiger partial charge in [-0.15, -0.1) is 11.3 Å². The third-order valence-corrected chi connectivity index (χ3v) is 5.46. The summed E-state index contributed by atoms with van der Waals surface area (Å²) in [6, 6.07) is 5.66. The summed E-state index contributed by atoms with van der Waals surface area (Å²) in [5, 5.41) is 2.95. The Kier molecular flexibility index (Phi) is 5.15. The second-order valence-corrected chi connectivity index (χ2v) is 7.00. The third kappa shape index (κ3) is 3.25. The molecule has 1 amide bonds. The zero-order valence-electron chi connectivity index (χ0n) is 14.0. The van der Waals surface area contributed by atoms with Gasteiger partial charge in [-0.3, -0.25) is 14.4 Å². The van der Waals surface area contributed by atoms with Crippen LogP contribution in [0.15, 0.2) is 24.3 Å². The van der Waals surface area contributed by atoms with Crippen molar-refractivity contribution in [3.05, 3.63) is 51.7 Å². The Labute approximate surface area is 153 Å². The lowest BCUT2D eigenvalue weighted by atomic mass is 9.98. The molecule has 0 saturated heterocycles. The first-order valence-corrected chi connectivity index (χ1v) is 8.79. The molecule has 1 aliphatic carbocycles. The summed E-state index contributed by atoms with van der Waals surface area (Å²) in [6.07, 6.45) is 0.731. The van der Waals surface area contributed by atoms with Gasteiger partial charge < -0.3 is 15.8 Å². The minimum absolute atomic E-state index is 0.0853. The van der Waals surface area contributed by atoms with Gasteiger partial charge in [0, 0.05) is 4.88 Å². The summed E-state index contributed by atoms with van der Waals surface area (Å²) >= 11 is 1.21. The zero-order valence-corrected chi connectivity index (χ0v) is 14.8. The number of esters is 1. The molecule has 1 heterocycles. The molecule has 1 aromatic heterocycles. The van der Waals surface area contributed by atoms with E-state index in [1.54, 1.807) is 6.07 Å². The lowest BCUT2D eigenvalue weighted by molar-refractivity contribution is -0.145. The van der Waals surface area contributed by atoms with Gasteiger partial charge in [-0.1, -0.05) is 12.1 Å². The van der Waals surface area contributed by atoms with Crippen LogP contribution in [0.4, 0.5) is 9.39 Å². The summed E-state index contributed by atoms with van der Waals surface area (Å²) in [7, 11) is 1.31. The first-order chi connectivity index (χ1) is 12.5. The van der Waals surface area contributed by atoms with Crippen molar-refractivity contribution >= 4 is 34.0 Å². The van der Waals surface area contributed by atoms with Gasteiger partial charge in [-0.05, 0) is 30.5 Å². The normalized spacial score (nSPS) is 15.4. The van der Waals surface area contributed by atoms with Crippen LogP contribution in [0.3, 0.4) is 0 Å². The van der Waals surface area contributed by atoms with Crippen LogP contribution in [0, 0.1) is 11.7 Å². The molecule has 2 aromatic rings. The van der Waals surface area contributed by atoms with Crippen molar-refractivity contribution in [3.8, 4) is 0 Å². The highest BCUT2D eigenvalue weighted by Gasteiger charge is 2.36. The van der Waals surface area contributed by atoms with Crippen LogP contribution in [-0.4, -0.2) is 31.3 Å². The highest BCUT2D eigenvalue weighted by molar-refractivity contribution is 7.17. The Bertz CT molecular complexity index is 893. The topological polar surface area (TPSA) is 98.5 Å². The van der Waals surface area contributed by atoms with Gasteiger partial charge in [-0.25, -0.2) is 4.39 Å². The Balaban J connectivity index is 2.05. The first-order valence-electron chi connectivity index (χ1n) is 7.97. The number of carbonyl (C=O) groups excluding carboxylic acids is 3. The number of anilines is 1. The van der Waals surface area contributed by atoms with E-state index in [4.69, 9.17) is 10.5 Å². The molecular formula is C18H17FN2O4S. The fourth-order valence-corrected chi connectivity index (χ4v) is 4.38. The molecule has 3 N–H and O–H groups in total. The molecule has 0 saturated carbocycles. The number of rotatable bonds is 5. The SMILES string of the molecule is COC(=O)C1Cc2sc(NC(=O)CN)c(C(=O)c3ccccc3F)c2C1. The fourth-order valence-electron chi connectivity index (χ4n) is 3.05. The van der Waals surface area contributed by atoms with Crippen molar-refractivity contribution in [1.82, 2.24) is 0 Å². The summed E-state index contributed by atoms with van der Waals surface area (Å²) in [6.45, 7) is -0.235. The Hall–Kier alpha value is -2.58. The van der Waals surface area contributed by atoms with E-state index < -0.39 is 17.5 Å². The molecular weight excluding hydrogens is 359 g/mol. The van der Waals surface area contributed by atoms with Crippen molar-refractivity contribution < 1.29 is 23.5 Å². The van der Waals surface area contributed by atoms with Crippen LogP contribution in [-0.2, 0) is 27.2 Å². The van der Waals surface area contributed by atoms with Crippen molar-refractivity contribution in [2.45, 2.75) is 12.8 Å². The zero-order chi connectivity index (χ0) is 18.8. The molecule has 1 unspecified atom stereocenters. The third-order valence-electron chi connectivity index (χ3n) is 4.29. The van der Waals surface area contributed by atoms with Gasteiger partial charge in [0.1, 0.15) is 10.8 Å². The van der Waals surface area contributed by atoms with Gasteiger partial charge in [0.2, 0.25) is 5.91 Å². The van der Waals surface area contributed by atoms with Crippen molar-refractivity contribution in [2.75, 3.05) is 19.0 Å². The maximum Gasteiger partial charge on any atom is 0.309 e. The van der Waals surface area contributed by atoms with E-state index in [1.165, 1.54) is 36.6 Å². The molecule has 0 spiro atoms. The number of nitrogens with two attached hydrogens (primary N) is 1. The van der Waals surface area contributed by atoms with Crippen LogP contribution >= 0.6 is 11.3 Å². The van der Waals surface area contributed by atoms with E-state index in [2.05, 4.69) is 5.32 Å². The minimum Gasteiger partial charge on any atom is -0.469 e. The van der Waals surface area contributed by atoms with Crippen LogP contribution in [0.5, 0.6) is 0 Å². The lowest BCUT2D eigenvalue weighted by Gasteiger charge is -2.10. The van der Waals surface area contributed by atoms with Gasteiger partial charge in [0.15, 0.2) is 5.78 Å². The number of amides is 1. The molecule has 136 valence electrons. The quantitative estimate of drug-likeness (QED) is 0.613. The number of ketones is 1. The van der Waals surface area contributed by atoms with Crippen molar-refractivity contribution in [1.29, 1.82) is 0 Å².